The highest BCUT2D eigenvalue weighted by molar-refractivity contribution is 8.01. The number of imide groups is 1. The van der Waals surface area contributed by atoms with Gasteiger partial charge < -0.3 is 15.7 Å². The molecule has 0 radical (unpaired) electrons. The third-order valence-electron chi connectivity index (χ3n) is 6.88. The fourth-order valence-electron chi connectivity index (χ4n) is 4.60. The number of carbonyl (C=O) groups excluding carboxylic acids is 4. The maximum Gasteiger partial charge on any atom is 0.352 e. The number of fused-ring (bicyclic) bond motifs is 1. The summed E-state index contributed by atoms with van der Waals surface area (Å²) in [5, 5.41) is 26.4. The van der Waals surface area contributed by atoms with Crippen molar-refractivity contribution in [1.82, 2.24) is 40.6 Å². The lowest BCUT2D eigenvalue weighted by atomic mass is 10.0. The van der Waals surface area contributed by atoms with Crippen LogP contribution in [0.4, 0.5) is 4.79 Å². The molecule has 3 atom stereocenters. The Morgan fingerprint density at radius 3 is 2.52 bits per heavy atom. The Hall–Kier alpha value is -4.41. The first-order valence-corrected chi connectivity index (χ1v) is 15.4. The summed E-state index contributed by atoms with van der Waals surface area (Å²) >= 11 is 8.68. The first kappa shape index (κ1) is 31.0. The Kier molecular flexibility index (Phi) is 9.22. The summed E-state index contributed by atoms with van der Waals surface area (Å²) in [6, 6.07) is 11.4. The normalized spacial score (nSPS) is 18.2. The molecule has 2 aliphatic rings. The maximum absolute atomic E-state index is 13.6. The number of halogens is 1. The second-order valence-electron chi connectivity index (χ2n) is 9.66. The van der Waals surface area contributed by atoms with E-state index in [0.717, 1.165) is 4.90 Å². The zero-order chi connectivity index (χ0) is 31.5. The lowest BCUT2D eigenvalue weighted by Crippen LogP contribution is -2.71. The molecule has 0 spiro atoms. The molecule has 3 N–H and O–H groups in total. The molecule has 2 aromatic carbocycles. The quantitative estimate of drug-likeness (QED) is 0.226. The summed E-state index contributed by atoms with van der Waals surface area (Å²) in [6.45, 7) is 0. The molecule has 1 fully saturated rings. The number of aliphatic carboxylic acids is 1. The van der Waals surface area contributed by atoms with Crippen LogP contribution in [0.2, 0.25) is 5.02 Å². The number of hydrogen-bond donors (Lipinski definition) is 3. The number of carboxylic acids is 1. The highest BCUT2D eigenvalue weighted by Gasteiger charge is 2.54. The molecule has 1 saturated heterocycles. The first-order chi connectivity index (χ1) is 21.1. The smallest absolute Gasteiger partial charge is 0.352 e. The Morgan fingerprint density at radius 2 is 1.86 bits per heavy atom. The molecular weight excluding hydrogens is 632 g/mol. The van der Waals surface area contributed by atoms with E-state index < -0.39 is 47.2 Å². The molecule has 2 aliphatic heterocycles. The van der Waals surface area contributed by atoms with E-state index in [0.29, 0.717) is 22.0 Å². The van der Waals surface area contributed by atoms with Gasteiger partial charge in [-0.15, -0.1) is 16.9 Å². The zero-order valence-corrected chi connectivity index (χ0v) is 25.6. The number of aryl methyl sites for hydroxylation is 1. The minimum Gasteiger partial charge on any atom is -0.477 e. The number of nitrogens with one attached hydrogen (secondary N) is 2. The van der Waals surface area contributed by atoms with Crippen molar-refractivity contribution in [3.8, 4) is 0 Å². The van der Waals surface area contributed by atoms with Crippen LogP contribution in [0.15, 0.2) is 71.0 Å². The molecule has 5 rings (SSSR count). The van der Waals surface area contributed by atoms with Gasteiger partial charge in [0.1, 0.15) is 23.2 Å². The van der Waals surface area contributed by atoms with Crippen molar-refractivity contribution in [2.45, 2.75) is 22.6 Å². The van der Waals surface area contributed by atoms with Gasteiger partial charge in [-0.3, -0.25) is 24.2 Å². The largest absolute Gasteiger partial charge is 0.477 e. The minimum atomic E-state index is -1.28. The lowest BCUT2D eigenvalue weighted by molar-refractivity contribution is -0.151. The van der Waals surface area contributed by atoms with Crippen molar-refractivity contribution in [1.29, 1.82) is 0 Å². The summed E-state index contributed by atoms with van der Waals surface area (Å²) in [4.78, 5) is 67.1. The molecule has 0 bridgehead atoms. The fraction of sp³-hybridized carbons (Fsp3) is 0.259. The fourth-order valence-corrected chi connectivity index (χ4v) is 7.15. The van der Waals surface area contributed by atoms with E-state index in [1.165, 1.54) is 52.3 Å². The third-order valence-corrected chi connectivity index (χ3v) is 9.65. The first-order valence-electron chi connectivity index (χ1n) is 13.0. The minimum absolute atomic E-state index is 0.107. The lowest BCUT2D eigenvalue weighted by Gasteiger charge is -2.49. The molecule has 3 aromatic rings. The number of benzene rings is 2. The van der Waals surface area contributed by atoms with Gasteiger partial charge in [0.2, 0.25) is 11.1 Å². The second-order valence-corrected chi connectivity index (χ2v) is 12.1. The standard InChI is InChI=1S/C27H25ClN8O6S2/c1-34(22(38)16-10-6-7-11-17(16)28)26(42)30-18(14-8-4-3-5-9-14)21(37)29-19-23(39)36-20(25(40)41)15(12-43-24(19)36)13-44-27-31-32-33-35(27)2/h3-11,18-19,24H,12-13H2,1-2H3,(H,29,37)(H,30,42)(H,40,41)/t18-,19-,24?/m1/s1. The molecule has 44 heavy (non-hydrogen) atoms. The van der Waals surface area contributed by atoms with Crippen LogP contribution in [0.1, 0.15) is 22.0 Å². The second kappa shape index (κ2) is 13.1. The van der Waals surface area contributed by atoms with E-state index in [2.05, 4.69) is 26.2 Å². The van der Waals surface area contributed by atoms with Gasteiger partial charge in [-0.05, 0) is 33.7 Å². The van der Waals surface area contributed by atoms with Gasteiger partial charge in [-0.2, -0.15) is 0 Å². The topological polar surface area (TPSA) is 180 Å². The third kappa shape index (κ3) is 6.13. The van der Waals surface area contributed by atoms with Gasteiger partial charge >= 0.3 is 12.0 Å². The van der Waals surface area contributed by atoms with Crippen LogP contribution >= 0.6 is 35.1 Å². The number of β-lactam (4-membered cyclic amide) rings is 1. The molecule has 14 nitrogen and oxygen atoms in total. The van der Waals surface area contributed by atoms with Crippen LogP contribution in [-0.2, 0) is 21.4 Å². The molecular formula is C27H25ClN8O6S2. The van der Waals surface area contributed by atoms with Gasteiger partial charge in [0.15, 0.2) is 0 Å². The van der Waals surface area contributed by atoms with Crippen LogP contribution in [0, 0.1) is 0 Å². The van der Waals surface area contributed by atoms with E-state index in [1.807, 2.05) is 0 Å². The predicted molar refractivity (Wildman–Crippen MR) is 160 cm³/mol. The number of rotatable bonds is 9. The van der Waals surface area contributed by atoms with E-state index in [-0.39, 0.29) is 22.0 Å². The molecule has 5 amide bonds. The molecule has 228 valence electrons. The molecule has 17 heteroatoms. The van der Waals surface area contributed by atoms with Crippen molar-refractivity contribution in [3.63, 3.8) is 0 Å². The summed E-state index contributed by atoms with van der Waals surface area (Å²) in [6.07, 6.45) is 0. The predicted octanol–water partition coefficient (Wildman–Crippen LogP) is 1.92. The molecule has 0 aliphatic carbocycles. The van der Waals surface area contributed by atoms with Crippen molar-refractivity contribution in [2.75, 3.05) is 18.6 Å². The highest BCUT2D eigenvalue weighted by Crippen LogP contribution is 2.41. The van der Waals surface area contributed by atoms with E-state index in [4.69, 9.17) is 11.6 Å². The summed E-state index contributed by atoms with van der Waals surface area (Å²) in [7, 11) is 2.91. The SMILES string of the molecule is CN(C(=O)N[C@@H](C(=O)N[C@@H]1C(=O)N2C(C(=O)O)=C(CSc3nnnn3C)CSC12)c1ccccc1)C(=O)c1ccccc1Cl. The average molecular weight is 657 g/mol. The Bertz CT molecular complexity index is 1670. The van der Waals surface area contributed by atoms with Gasteiger partial charge in [-0.25, -0.2) is 14.3 Å². The number of aromatic nitrogens is 4. The number of nitrogens with zero attached hydrogens (tertiary/aromatic N) is 6. The molecule has 0 saturated carbocycles. The Labute approximate surface area is 264 Å². The van der Waals surface area contributed by atoms with Crippen LogP contribution in [0.25, 0.3) is 0 Å². The van der Waals surface area contributed by atoms with E-state index in [9.17, 15) is 29.1 Å². The number of amides is 5. The number of carbonyl (C=O) groups is 5. The van der Waals surface area contributed by atoms with Crippen molar-refractivity contribution in [2.24, 2.45) is 7.05 Å². The Morgan fingerprint density at radius 1 is 1.16 bits per heavy atom. The maximum atomic E-state index is 13.6. The van der Waals surface area contributed by atoms with Crippen molar-refractivity contribution in [3.05, 3.63) is 82.0 Å². The van der Waals surface area contributed by atoms with Gasteiger partial charge in [-0.1, -0.05) is 65.8 Å². The number of urea groups is 1. The van der Waals surface area contributed by atoms with E-state index >= 15 is 0 Å². The molecule has 1 aromatic heterocycles. The van der Waals surface area contributed by atoms with Crippen molar-refractivity contribution >= 4 is 64.8 Å². The number of carboxylic acid groups (broad SMARTS) is 1. The number of tetrazole rings is 1. The van der Waals surface area contributed by atoms with Crippen LogP contribution < -0.4 is 10.6 Å². The van der Waals surface area contributed by atoms with Gasteiger partial charge in [0.05, 0.1) is 10.6 Å². The monoisotopic (exact) mass is 656 g/mol. The summed E-state index contributed by atoms with van der Waals surface area (Å²) in [5.41, 5.74) is 0.890. The summed E-state index contributed by atoms with van der Waals surface area (Å²) < 4.78 is 1.46. The average Bonchev–Trinajstić information content (AvgIpc) is 3.44. The van der Waals surface area contributed by atoms with Gasteiger partial charge in [0, 0.05) is 25.6 Å². The summed E-state index contributed by atoms with van der Waals surface area (Å²) in [5.74, 6) is -2.70. The Balaban J connectivity index is 1.31. The zero-order valence-electron chi connectivity index (χ0n) is 23.2. The molecule has 1 unspecified atom stereocenters. The van der Waals surface area contributed by atoms with E-state index in [1.54, 1.807) is 49.5 Å². The number of hydrogen-bond acceptors (Lipinski definition) is 10. The van der Waals surface area contributed by atoms with Gasteiger partial charge in [0.25, 0.3) is 11.8 Å². The van der Waals surface area contributed by atoms with Crippen LogP contribution in [0.3, 0.4) is 0 Å². The van der Waals surface area contributed by atoms with Crippen LogP contribution in [0.5, 0.6) is 0 Å². The number of thioether (sulfide) groups is 2. The highest BCUT2D eigenvalue weighted by atomic mass is 35.5. The van der Waals surface area contributed by atoms with Crippen molar-refractivity contribution < 1.29 is 29.1 Å². The molecule has 3 heterocycles. The van der Waals surface area contributed by atoms with Crippen LogP contribution in [-0.4, -0.2) is 94.8 Å².